The molecule has 5 aromatic rings. The standard InChI is InChI=1S/C26H20ClN7O3S/c27-22-14-5-4-13-21(22)24-30-26(32-34(24)23-15-6-7-16-28-23)29-19-10-8-9-18(17-19)25(35)31-33-38(36,37)20-11-2-1-3-12-20/h1-17,33H,(H,29,32)(H,31,35). The largest absolute Gasteiger partial charge is 0.323 e. The Morgan fingerprint density at radius 1 is 0.868 bits per heavy atom. The first kappa shape index (κ1) is 25.1. The molecule has 190 valence electrons. The maximum Gasteiger partial charge on any atom is 0.266 e. The van der Waals surface area contributed by atoms with Gasteiger partial charge in [0.2, 0.25) is 5.95 Å². The number of anilines is 2. The predicted octanol–water partition coefficient (Wildman–Crippen LogP) is 4.35. The molecule has 38 heavy (non-hydrogen) atoms. The molecule has 0 aliphatic heterocycles. The summed E-state index contributed by atoms with van der Waals surface area (Å²) in [6.45, 7) is 0. The second-order valence-electron chi connectivity index (χ2n) is 7.92. The summed E-state index contributed by atoms with van der Waals surface area (Å²) in [5, 5.41) is 8.14. The Morgan fingerprint density at radius 3 is 2.39 bits per heavy atom. The van der Waals surface area contributed by atoms with Gasteiger partial charge < -0.3 is 5.32 Å². The van der Waals surface area contributed by atoms with Crippen LogP contribution in [0.3, 0.4) is 0 Å². The van der Waals surface area contributed by atoms with Gasteiger partial charge in [0.15, 0.2) is 11.6 Å². The van der Waals surface area contributed by atoms with E-state index in [2.05, 4.69) is 30.6 Å². The molecule has 0 saturated carbocycles. The number of hydrogen-bond donors (Lipinski definition) is 3. The molecule has 5 rings (SSSR count). The number of aromatic nitrogens is 4. The lowest BCUT2D eigenvalue weighted by molar-refractivity contribution is 0.0945. The summed E-state index contributed by atoms with van der Waals surface area (Å²) < 4.78 is 26.4. The van der Waals surface area contributed by atoms with Gasteiger partial charge in [-0.2, -0.15) is 9.67 Å². The fraction of sp³-hybridized carbons (Fsp3) is 0. The van der Waals surface area contributed by atoms with Gasteiger partial charge in [-0.3, -0.25) is 10.2 Å². The van der Waals surface area contributed by atoms with Crippen molar-refractivity contribution in [1.82, 2.24) is 30.0 Å². The highest BCUT2D eigenvalue weighted by Gasteiger charge is 2.18. The lowest BCUT2D eigenvalue weighted by atomic mass is 10.2. The number of amides is 1. The van der Waals surface area contributed by atoms with E-state index in [1.807, 2.05) is 24.3 Å². The molecule has 1 amide bonds. The summed E-state index contributed by atoms with van der Waals surface area (Å²) >= 11 is 6.43. The summed E-state index contributed by atoms with van der Waals surface area (Å²) in [7, 11) is -3.92. The second-order valence-corrected chi connectivity index (χ2v) is 10.0. The van der Waals surface area contributed by atoms with E-state index in [0.29, 0.717) is 27.9 Å². The third-order valence-electron chi connectivity index (χ3n) is 5.32. The summed E-state index contributed by atoms with van der Waals surface area (Å²) in [5.74, 6) is 0.618. The average molecular weight is 546 g/mol. The summed E-state index contributed by atoms with van der Waals surface area (Å²) in [6.07, 6.45) is 1.65. The van der Waals surface area contributed by atoms with Gasteiger partial charge in [0, 0.05) is 23.0 Å². The number of sulfonamides is 1. The van der Waals surface area contributed by atoms with E-state index in [9.17, 15) is 13.2 Å². The number of hydrogen-bond acceptors (Lipinski definition) is 7. The van der Waals surface area contributed by atoms with Crippen LogP contribution in [0.5, 0.6) is 0 Å². The van der Waals surface area contributed by atoms with E-state index in [0.717, 1.165) is 0 Å². The van der Waals surface area contributed by atoms with E-state index >= 15 is 0 Å². The van der Waals surface area contributed by atoms with Crippen LogP contribution in [-0.2, 0) is 10.0 Å². The fourth-order valence-electron chi connectivity index (χ4n) is 3.53. The van der Waals surface area contributed by atoms with Crippen LogP contribution >= 0.6 is 11.6 Å². The average Bonchev–Trinajstić information content (AvgIpc) is 3.36. The molecule has 0 aliphatic rings. The Balaban J connectivity index is 1.38. The number of hydrazine groups is 1. The van der Waals surface area contributed by atoms with Crippen molar-refractivity contribution in [1.29, 1.82) is 0 Å². The van der Waals surface area contributed by atoms with E-state index < -0.39 is 15.9 Å². The van der Waals surface area contributed by atoms with Crippen molar-refractivity contribution in [2.45, 2.75) is 4.90 Å². The van der Waals surface area contributed by atoms with Gasteiger partial charge >= 0.3 is 0 Å². The van der Waals surface area contributed by atoms with E-state index in [1.165, 1.54) is 12.1 Å². The van der Waals surface area contributed by atoms with E-state index in [1.54, 1.807) is 71.5 Å². The molecule has 0 atom stereocenters. The van der Waals surface area contributed by atoms with Gasteiger partial charge in [-0.15, -0.1) is 9.93 Å². The van der Waals surface area contributed by atoms with Crippen LogP contribution < -0.4 is 15.6 Å². The van der Waals surface area contributed by atoms with Gasteiger partial charge in [-0.25, -0.2) is 13.4 Å². The Morgan fingerprint density at radius 2 is 1.63 bits per heavy atom. The van der Waals surface area contributed by atoms with Crippen molar-refractivity contribution >= 4 is 39.2 Å². The molecule has 0 saturated heterocycles. The number of benzene rings is 3. The van der Waals surface area contributed by atoms with Crippen LogP contribution in [0.2, 0.25) is 5.02 Å². The molecule has 0 fully saturated rings. The Kier molecular flexibility index (Phi) is 7.13. The highest BCUT2D eigenvalue weighted by molar-refractivity contribution is 7.89. The summed E-state index contributed by atoms with van der Waals surface area (Å²) in [5.41, 5.74) is 3.61. The molecule has 10 nitrogen and oxygen atoms in total. The SMILES string of the molecule is O=C(NNS(=O)(=O)c1ccccc1)c1cccc(Nc2nc(-c3ccccc3Cl)n(-c3ccccn3)n2)c1. The third kappa shape index (κ3) is 5.54. The normalized spacial score (nSPS) is 11.2. The lowest BCUT2D eigenvalue weighted by Gasteiger charge is -2.09. The fourth-order valence-corrected chi connectivity index (χ4v) is 4.61. The Bertz CT molecular complexity index is 1690. The molecule has 2 aromatic heterocycles. The minimum absolute atomic E-state index is 0.0274. The highest BCUT2D eigenvalue weighted by atomic mass is 35.5. The number of carbonyl (C=O) groups excluding carboxylic acids is 1. The maximum absolute atomic E-state index is 12.7. The molecule has 0 bridgehead atoms. The predicted molar refractivity (Wildman–Crippen MR) is 144 cm³/mol. The number of pyridine rings is 1. The first-order chi connectivity index (χ1) is 18.4. The monoisotopic (exact) mass is 545 g/mol. The molecule has 0 unspecified atom stereocenters. The van der Waals surface area contributed by atoms with Crippen LogP contribution in [-0.4, -0.2) is 34.1 Å². The van der Waals surface area contributed by atoms with Gasteiger partial charge in [0.1, 0.15) is 0 Å². The Hall–Kier alpha value is -4.58. The lowest BCUT2D eigenvalue weighted by Crippen LogP contribution is -2.41. The number of halogens is 1. The van der Waals surface area contributed by atoms with Gasteiger partial charge in [0.05, 0.1) is 9.92 Å². The molecule has 0 aliphatic carbocycles. The topological polar surface area (TPSA) is 131 Å². The zero-order chi connectivity index (χ0) is 26.5. The quantitative estimate of drug-likeness (QED) is 0.247. The molecule has 3 N–H and O–H groups in total. The molecular formula is C26H20ClN7O3S. The maximum atomic E-state index is 12.7. The molecule has 0 radical (unpaired) electrons. The zero-order valence-corrected chi connectivity index (χ0v) is 21.2. The Labute approximate surface area is 223 Å². The van der Waals surface area contributed by atoms with E-state index in [-0.39, 0.29) is 16.4 Å². The first-order valence-corrected chi connectivity index (χ1v) is 13.1. The van der Waals surface area contributed by atoms with Crippen LogP contribution in [0.1, 0.15) is 10.4 Å². The number of rotatable bonds is 8. The van der Waals surface area contributed by atoms with Crippen LogP contribution in [0.25, 0.3) is 17.2 Å². The highest BCUT2D eigenvalue weighted by Crippen LogP contribution is 2.29. The number of nitrogens with one attached hydrogen (secondary N) is 3. The van der Waals surface area contributed by atoms with Gasteiger partial charge in [-0.05, 0) is 54.6 Å². The van der Waals surface area contributed by atoms with Crippen LogP contribution in [0.15, 0.2) is 108 Å². The molecule has 3 aromatic carbocycles. The first-order valence-electron chi connectivity index (χ1n) is 11.3. The molecular weight excluding hydrogens is 526 g/mol. The number of nitrogens with zero attached hydrogens (tertiary/aromatic N) is 4. The van der Waals surface area contributed by atoms with Crippen molar-refractivity contribution in [2.24, 2.45) is 0 Å². The van der Waals surface area contributed by atoms with Crippen molar-refractivity contribution in [3.63, 3.8) is 0 Å². The van der Waals surface area contributed by atoms with Crippen molar-refractivity contribution in [3.05, 3.63) is 114 Å². The zero-order valence-electron chi connectivity index (χ0n) is 19.6. The summed E-state index contributed by atoms with van der Waals surface area (Å²) in [6, 6.07) is 26.9. The minimum atomic E-state index is -3.92. The van der Waals surface area contributed by atoms with Crippen molar-refractivity contribution in [3.8, 4) is 17.2 Å². The van der Waals surface area contributed by atoms with Crippen molar-refractivity contribution in [2.75, 3.05) is 5.32 Å². The number of carbonyl (C=O) groups is 1. The van der Waals surface area contributed by atoms with Crippen LogP contribution in [0.4, 0.5) is 11.6 Å². The van der Waals surface area contributed by atoms with Gasteiger partial charge in [-0.1, -0.05) is 54.1 Å². The second kappa shape index (κ2) is 10.8. The van der Waals surface area contributed by atoms with Gasteiger partial charge in [0.25, 0.3) is 15.9 Å². The molecule has 12 heteroatoms. The summed E-state index contributed by atoms with van der Waals surface area (Å²) in [4.78, 5) is 23.8. The van der Waals surface area contributed by atoms with E-state index in [4.69, 9.17) is 11.6 Å². The smallest absolute Gasteiger partial charge is 0.266 e. The molecule has 0 spiro atoms. The third-order valence-corrected chi connectivity index (χ3v) is 6.91. The van der Waals surface area contributed by atoms with Crippen LogP contribution in [0, 0.1) is 0 Å². The van der Waals surface area contributed by atoms with Crippen molar-refractivity contribution < 1.29 is 13.2 Å². The molecule has 2 heterocycles. The minimum Gasteiger partial charge on any atom is -0.323 e.